The van der Waals surface area contributed by atoms with Gasteiger partial charge in [-0.1, -0.05) is 12.1 Å². The number of carbonyl (C=O) groups excluding carboxylic acids is 1. The fourth-order valence-electron chi connectivity index (χ4n) is 3.94. The molecule has 6 heteroatoms. The summed E-state index contributed by atoms with van der Waals surface area (Å²) in [6.45, 7) is 4.66. The first kappa shape index (κ1) is 18.7. The summed E-state index contributed by atoms with van der Waals surface area (Å²) >= 11 is 0. The lowest BCUT2D eigenvalue weighted by atomic mass is 9.96. The first-order valence-electron chi connectivity index (χ1n) is 9.95. The van der Waals surface area contributed by atoms with E-state index in [1.54, 1.807) is 11.2 Å². The molecule has 0 bridgehead atoms. The van der Waals surface area contributed by atoms with Crippen molar-refractivity contribution in [2.75, 3.05) is 20.1 Å². The van der Waals surface area contributed by atoms with Crippen molar-refractivity contribution >= 4 is 16.9 Å². The predicted molar refractivity (Wildman–Crippen MR) is 109 cm³/mol. The van der Waals surface area contributed by atoms with Crippen LogP contribution < -0.4 is 5.32 Å². The smallest absolute Gasteiger partial charge is 0.227 e. The lowest BCUT2D eigenvalue weighted by Gasteiger charge is -2.20. The Hall–Kier alpha value is -2.60. The molecule has 0 spiro atoms. The lowest BCUT2D eigenvalue weighted by Crippen LogP contribution is -2.28. The summed E-state index contributed by atoms with van der Waals surface area (Å²) in [4.78, 5) is 14.6. The number of aryl methyl sites for hydroxylation is 2. The average molecular weight is 380 g/mol. The van der Waals surface area contributed by atoms with Crippen molar-refractivity contribution in [3.8, 4) is 0 Å². The molecule has 148 valence electrons. The number of aromatic nitrogens is 2. The van der Waals surface area contributed by atoms with Crippen molar-refractivity contribution < 1.29 is 9.21 Å². The van der Waals surface area contributed by atoms with Gasteiger partial charge in [0.1, 0.15) is 5.58 Å². The number of amides is 1. The lowest BCUT2D eigenvalue weighted by molar-refractivity contribution is -0.129. The largest absolute Gasteiger partial charge is 0.464 e. The molecule has 1 fully saturated rings. The molecule has 2 aromatic heterocycles. The van der Waals surface area contributed by atoms with Crippen LogP contribution in [-0.4, -0.2) is 40.7 Å². The number of furan rings is 1. The average Bonchev–Trinajstić information content (AvgIpc) is 3.25. The molecule has 0 aliphatic carbocycles. The zero-order valence-electron chi connectivity index (χ0n) is 16.9. The Bertz CT molecular complexity index is 982. The molecule has 1 aliphatic heterocycles. The molecule has 1 aromatic carbocycles. The van der Waals surface area contributed by atoms with Crippen LogP contribution in [0.15, 0.2) is 34.9 Å². The summed E-state index contributed by atoms with van der Waals surface area (Å²) in [7, 11) is 3.81. The van der Waals surface area contributed by atoms with Gasteiger partial charge in [0.15, 0.2) is 0 Å². The van der Waals surface area contributed by atoms with Crippen molar-refractivity contribution in [3.05, 3.63) is 53.0 Å². The minimum atomic E-state index is 0.0744. The Labute approximate surface area is 165 Å². The molecule has 6 nitrogen and oxygen atoms in total. The molecule has 0 saturated carbocycles. The predicted octanol–water partition coefficient (Wildman–Crippen LogP) is 3.14. The van der Waals surface area contributed by atoms with E-state index in [0.29, 0.717) is 18.9 Å². The molecule has 4 rings (SSSR count). The summed E-state index contributed by atoms with van der Waals surface area (Å²) in [5.41, 5.74) is 5.11. The summed E-state index contributed by atoms with van der Waals surface area (Å²) in [5.74, 6) is 0.542. The van der Waals surface area contributed by atoms with E-state index in [1.807, 2.05) is 43.9 Å². The summed E-state index contributed by atoms with van der Waals surface area (Å²) in [5, 5.41) is 9.15. The van der Waals surface area contributed by atoms with E-state index in [4.69, 9.17) is 9.52 Å². The zero-order valence-corrected chi connectivity index (χ0v) is 16.9. The maximum Gasteiger partial charge on any atom is 0.227 e. The van der Waals surface area contributed by atoms with Gasteiger partial charge in [0, 0.05) is 37.5 Å². The van der Waals surface area contributed by atoms with E-state index in [9.17, 15) is 4.79 Å². The number of carbonyl (C=O) groups is 1. The standard InChI is InChI=1S/C22H28N4O2/c1-15-6-7-19-17(14-28-21(19)9-15)10-22(27)25(2)13-18-11-20(24-26(18)3)16-5-4-8-23-12-16/h6-7,9,11,14,16,23H,4-5,8,10,12-13H2,1-3H3/t16-/m1/s1. The third-order valence-corrected chi connectivity index (χ3v) is 5.69. The van der Waals surface area contributed by atoms with Gasteiger partial charge >= 0.3 is 0 Å². The number of hydrogen-bond donors (Lipinski definition) is 1. The Morgan fingerprint density at radius 3 is 3.04 bits per heavy atom. The number of benzene rings is 1. The van der Waals surface area contributed by atoms with Crippen LogP contribution in [0.25, 0.3) is 11.0 Å². The van der Waals surface area contributed by atoms with Gasteiger partial charge in [-0.2, -0.15) is 5.10 Å². The molecule has 1 atom stereocenters. The summed E-state index contributed by atoms with van der Waals surface area (Å²) in [6, 6.07) is 8.23. The van der Waals surface area contributed by atoms with Crippen molar-refractivity contribution in [3.63, 3.8) is 0 Å². The number of rotatable bonds is 5. The third kappa shape index (κ3) is 3.83. The van der Waals surface area contributed by atoms with Gasteiger partial charge in [-0.3, -0.25) is 9.48 Å². The second-order valence-electron chi connectivity index (χ2n) is 7.91. The molecule has 0 radical (unpaired) electrons. The molecule has 3 aromatic rings. The van der Waals surface area contributed by atoms with E-state index < -0.39 is 0 Å². The second kappa shape index (κ2) is 7.80. The maximum absolute atomic E-state index is 12.8. The zero-order chi connectivity index (χ0) is 19.7. The van der Waals surface area contributed by atoms with E-state index in [2.05, 4.69) is 11.4 Å². The molecule has 0 unspecified atom stereocenters. The third-order valence-electron chi connectivity index (χ3n) is 5.69. The van der Waals surface area contributed by atoms with Crippen LogP contribution in [-0.2, 0) is 24.8 Å². The molecule has 1 aliphatic rings. The summed E-state index contributed by atoms with van der Waals surface area (Å²) < 4.78 is 7.53. The van der Waals surface area contributed by atoms with Crippen LogP contribution in [0.4, 0.5) is 0 Å². The second-order valence-corrected chi connectivity index (χ2v) is 7.91. The number of fused-ring (bicyclic) bond motifs is 1. The first-order chi connectivity index (χ1) is 13.5. The summed E-state index contributed by atoms with van der Waals surface area (Å²) in [6.07, 6.45) is 4.40. The van der Waals surface area contributed by atoms with Crippen molar-refractivity contribution in [2.24, 2.45) is 7.05 Å². The highest BCUT2D eigenvalue weighted by Gasteiger charge is 2.21. The molecular formula is C22H28N4O2. The van der Waals surface area contributed by atoms with Gasteiger partial charge < -0.3 is 14.6 Å². The van der Waals surface area contributed by atoms with Gasteiger partial charge in [-0.05, 0) is 44.0 Å². The minimum absolute atomic E-state index is 0.0744. The van der Waals surface area contributed by atoms with Crippen molar-refractivity contribution in [2.45, 2.75) is 38.6 Å². The van der Waals surface area contributed by atoms with E-state index in [0.717, 1.165) is 46.6 Å². The molecule has 1 N–H and O–H groups in total. The van der Waals surface area contributed by atoms with Crippen LogP contribution in [0.1, 0.15) is 41.3 Å². The van der Waals surface area contributed by atoms with Crippen molar-refractivity contribution in [1.29, 1.82) is 0 Å². The van der Waals surface area contributed by atoms with Crippen LogP contribution in [0.2, 0.25) is 0 Å². The Kier molecular flexibility index (Phi) is 5.22. The fourth-order valence-corrected chi connectivity index (χ4v) is 3.94. The molecule has 3 heterocycles. The number of nitrogens with zero attached hydrogens (tertiary/aromatic N) is 3. The number of hydrogen-bond acceptors (Lipinski definition) is 4. The molecule has 1 saturated heterocycles. The highest BCUT2D eigenvalue weighted by atomic mass is 16.3. The monoisotopic (exact) mass is 380 g/mol. The number of nitrogens with one attached hydrogen (secondary N) is 1. The van der Waals surface area contributed by atoms with Gasteiger partial charge in [-0.25, -0.2) is 0 Å². The van der Waals surface area contributed by atoms with E-state index in [1.165, 1.54) is 12.8 Å². The normalized spacial score (nSPS) is 17.2. The Morgan fingerprint density at radius 1 is 1.39 bits per heavy atom. The topological polar surface area (TPSA) is 63.3 Å². The van der Waals surface area contributed by atoms with Gasteiger partial charge in [0.05, 0.1) is 30.6 Å². The maximum atomic E-state index is 12.8. The Morgan fingerprint density at radius 2 is 2.25 bits per heavy atom. The minimum Gasteiger partial charge on any atom is -0.464 e. The van der Waals surface area contributed by atoms with Gasteiger partial charge in [-0.15, -0.1) is 0 Å². The fraction of sp³-hybridized carbons (Fsp3) is 0.455. The highest BCUT2D eigenvalue weighted by Crippen LogP contribution is 2.24. The highest BCUT2D eigenvalue weighted by molar-refractivity contribution is 5.87. The van der Waals surface area contributed by atoms with Crippen molar-refractivity contribution in [1.82, 2.24) is 20.0 Å². The van der Waals surface area contributed by atoms with E-state index >= 15 is 0 Å². The van der Waals surface area contributed by atoms with E-state index in [-0.39, 0.29) is 5.91 Å². The van der Waals surface area contributed by atoms with Crippen LogP contribution in [0.5, 0.6) is 0 Å². The van der Waals surface area contributed by atoms with Crippen LogP contribution in [0.3, 0.4) is 0 Å². The Balaban J connectivity index is 1.43. The van der Waals surface area contributed by atoms with Crippen LogP contribution in [0, 0.1) is 6.92 Å². The number of likely N-dealkylation sites (N-methyl/N-ethyl adjacent to an activating group) is 1. The molecule has 28 heavy (non-hydrogen) atoms. The molecular weight excluding hydrogens is 352 g/mol. The van der Waals surface area contributed by atoms with Gasteiger partial charge in [0.25, 0.3) is 0 Å². The number of piperidine rings is 1. The first-order valence-corrected chi connectivity index (χ1v) is 9.95. The molecule has 1 amide bonds. The van der Waals surface area contributed by atoms with Crippen LogP contribution >= 0.6 is 0 Å². The SMILES string of the molecule is Cc1ccc2c(CC(=O)N(C)Cc3cc([C@@H]4CCCNC4)nn3C)coc2c1. The quantitative estimate of drug-likeness (QED) is 0.739. The van der Waals surface area contributed by atoms with Gasteiger partial charge in [0.2, 0.25) is 5.91 Å².